The summed E-state index contributed by atoms with van der Waals surface area (Å²) in [5, 5.41) is 1.29. The van der Waals surface area contributed by atoms with Crippen LogP contribution in [0.15, 0.2) is 11.3 Å². The van der Waals surface area contributed by atoms with Gasteiger partial charge in [0.05, 0.1) is 0 Å². The lowest BCUT2D eigenvalue weighted by Crippen LogP contribution is -2.49. The standard InChI is InChI=1S/C16H32O3Si/c1-7-17-20(18-8-2,19-9-3)15-10-12-16(6,13-11-15)14(4)5/h10,14H,7-9,11-13H2,1-6H3. The van der Waals surface area contributed by atoms with Gasteiger partial charge < -0.3 is 13.3 Å². The van der Waals surface area contributed by atoms with E-state index in [1.165, 1.54) is 11.6 Å². The molecule has 0 spiro atoms. The van der Waals surface area contributed by atoms with Crippen molar-refractivity contribution >= 4 is 8.80 Å². The number of rotatable bonds is 8. The highest BCUT2D eigenvalue weighted by molar-refractivity contribution is 6.68. The van der Waals surface area contributed by atoms with Crippen molar-refractivity contribution in [3.8, 4) is 0 Å². The number of hydrogen-bond acceptors (Lipinski definition) is 3. The highest BCUT2D eigenvalue weighted by Gasteiger charge is 2.47. The average molecular weight is 301 g/mol. The SMILES string of the molecule is CCO[Si](OCC)(OCC)C1=CCC(C)(C(C)C)CC1. The lowest BCUT2D eigenvalue weighted by molar-refractivity contribution is 0.0768. The topological polar surface area (TPSA) is 27.7 Å². The van der Waals surface area contributed by atoms with Crippen LogP contribution in [0.5, 0.6) is 0 Å². The van der Waals surface area contributed by atoms with Gasteiger partial charge in [-0.2, -0.15) is 0 Å². The summed E-state index contributed by atoms with van der Waals surface area (Å²) in [6.45, 7) is 15.0. The van der Waals surface area contributed by atoms with Gasteiger partial charge in [0.15, 0.2) is 0 Å². The molecule has 0 saturated heterocycles. The van der Waals surface area contributed by atoms with Crippen LogP contribution in [0.25, 0.3) is 0 Å². The van der Waals surface area contributed by atoms with Gasteiger partial charge in [0.25, 0.3) is 0 Å². The van der Waals surface area contributed by atoms with E-state index in [1.54, 1.807) is 0 Å². The zero-order chi connectivity index (χ0) is 15.2. The minimum Gasteiger partial charge on any atom is -0.370 e. The first-order valence-corrected chi connectivity index (χ1v) is 9.78. The minimum absolute atomic E-state index is 0.397. The summed E-state index contributed by atoms with van der Waals surface area (Å²) in [5.74, 6) is 0.697. The Morgan fingerprint density at radius 2 is 1.60 bits per heavy atom. The van der Waals surface area contributed by atoms with Crippen LogP contribution in [-0.2, 0) is 13.3 Å². The molecule has 0 radical (unpaired) electrons. The number of hydrogen-bond donors (Lipinski definition) is 0. The lowest BCUT2D eigenvalue weighted by atomic mass is 9.71. The average Bonchev–Trinajstić information content (AvgIpc) is 2.40. The fraction of sp³-hybridized carbons (Fsp3) is 0.875. The van der Waals surface area contributed by atoms with Crippen LogP contribution in [0.3, 0.4) is 0 Å². The van der Waals surface area contributed by atoms with Crippen molar-refractivity contribution < 1.29 is 13.3 Å². The third-order valence-corrected chi connectivity index (χ3v) is 7.82. The van der Waals surface area contributed by atoms with Crippen LogP contribution in [0.4, 0.5) is 0 Å². The van der Waals surface area contributed by atoms with Crippen LogP contribution in [0.2, 0.25) is 0 Å². The Balaban J connectivity index is 2.95. The van der Waals surface area contributed by atoms with Crippen molar-refractivity contribution in [2.24, 2.45) is 11.3 Å². The molecule has 0 N–H and O–H groups in total. The Morgan fingerprint density at radius 3 is 1.90 bits per heavy atom. The molecule has 1 unspecified atom stereocenters. The highest BCUT2D eigenvalue weighted by Crippen LogP contribution is 2.43. The summed E-state index contributed by atoms with van der Waals surface area (Å²) in [5.41, 5.74) is 0.397. The van der Waals surface area contributed by atoms with Crippen molar-refractivity contribution in [2.75, 3.05) is 19.8 Å². The van der Waals surface area contributed by atoms with Gasteiger partial charge in [0.1, 0.15) is 0 Å². The van der Waals surface area contributed by atoms with Crippen molar-refractivity contribution in [1.29, 1.82) is 0 Å². The molecule has 0 aliphatic heterocycles. The van der Waals surface area contributed by atoms with Crippen molar-refractivity contribution in [2.45, 2.75) is 60.8 Å². The Labute approximate surface area is 126 Å². The van der Waals surface area contributed by atoms with Gasteiger partial charge in [-0.05, 0) is 56.6 Å². The summed E-state index contributed by atoms with van der Waals surface area (Å²) >= 11 is 0. The van der Waals surface area contributed by atoms with Crippen molar-refractivity contribution in [1.82, 2.24) is 0 Å². The fourth-order valence-corrected chi connectivity index (χ4v) is 5.49. The van der Waals surface area contributed by atoms with E-state index in [-0.39, 0.29) is 0 Å². The van der Waals surface area contributed by atoms with Crippen LogP contribution >= 0.6 is 0 Å². The molecule has 1 aliphatic carbocycles. The van der Waals surface area contributed by atoms with E-state index >= 15 is 0 Å². The normalized spacial score (nSPS) is 24.1. The molecule has 0 fully saturated rings. The zero-order valence-corrected chi connectivity index (χ0v) is 15.1. The highest BCUT2D eigenvalue weighted by atomic mass is 28.4. The van der Waals surface area contributed by atoms with Gasteiger partial charge in [-0.15, -0.1) is 0 Å². The van der Waals surface area contributed by atoms with Gasteiger partial charge in [-0.3, -0.25) is 0 Å². The first-order valence-electron chi connectivity index (χ1n) is 8.05. The van der Waals surface area contributed by atoms with Crippen molar-refractivity contribution in [3.63, 3.8) is 0 Å². The quantitative estimate of drug-likeness (QED) is 0.624. The molecule has 1 rings (SSSR count). The Morgan fingerprint density at radius 1 is 1.10 bits per heavy atom. The molecule has 118 valence electrons. The second-order valence-electron chi connectivity index (χ2n) is 6.10. The molecule has 1 atom stereocenters. The van der Waals surface area contributed by atoms with Crippen LogP contribution < -0.4 is 0 Å². The molecular weight excluding hydrogens is 268 g/mol. The Hall–Kier alpha value is -0.163. The fourth-order valence-electron chi connectivity index (χ4n) is 2.76. The molecule has 0 bridgehead atoms. The third-order valence-electron chi connectivity index (χ3n) is 4.57. The molecular formula is C16H32O3Si. The molecule has 0 aromatic carbocycles. The molecule has 0 saturated carbocycles. The Bertz CT molecular complexity index is 311. The van der Waals surface area contributed by atoms with Gasteiger partial charge in [0.2, 0.25) is 0 Å². The van der Waals surface area contributed by atoms with Crippen LogP contribution in [0.1, 0.15) is 60.8 Å². The molecule has 3 nitrogen and oxygen atoms in total. The van der Waals surface area contributed by atoms with Crippen LogP contribution in [0, 0.1) is 11.3 Å². The first kappa shape index (κ1) is 17.9. The molecule has 1 aliphatic rings. The van der Waals surface area contributed by atoms with Gasteiger partial charge in [0, 0.05) is 19.8 Å². The molecule has 0 heterocycles. The van der Waals surface area contributed by atoms with E-state index in [0.29, 0.717) is 31.2 Å². The molecule has 0 aromatic rings. The molecule has 4 heteroatoms. The predicted molar refractivity (Wildman–Crippen MR) is 85.5 cm³/mol. The number of allylic oxidation sites excluding steroid dienone is 2. The second-order valence-corrected chi connectivity index (χ2v) is 8.72. The van der Waals surface area contributed by atoms with Gasteiger partial charge >= 0.3 is 8.80 Å². The van der Waals surface area contributed by atoms with Crippen molar-refractivity contribution in [3.05, 3.63) is 11.3 Å². The molecule has 0 aromatic heterocycles. The smallest absolute Gasteiger partial charge is 0.370 e. The maximum absolute atomic E-state index is 6.00. The summed E-state index contributed by atoms with van der Waals surface area (Å²) in [7, 11) is -2.63. The molecule has 20 heavy (non-hydrogen) atoms. The summed E-state index contributed by atoms with van der Waals surface area (Å²) in [6, 6.07) is 0. The summed E-state index contributed by atoms with van der Waals surface area (Å²) in [4.78, 5) is 0. The maximum atomic E-state index is 6.00. The minimum atomic E-state index is -2.63. The Kier molecular flexibility index (Phi) is 6.92. The van der Waals surface area contributed by atoms with E-state index in [0.717, 1.165) is 12.8 Å². The lowest BCUT2D eigenvalue weighted by Gasteiger charge is -2.40. The monoisotopic (exact) mass is 300 g/mol. The van der Waals surface area contributed by atoms with Gasteiger partial charge in [-0.25, -0.2) is 0 Å². The van der Waals surface area contributed by atoms with E-state index in [2.05, 4.69) is 26.8 Å². The van der Waals surface area contributed by atoms with E-state index in [4.69, 9.17) is 13.3 Å². The third kappa shape index (κ3) is 3.94. The largest absolute Gasteiger partial charge is 0.532 e. The summed E-state index contributed by atoms with van der Waals surface area (Å²) < 4.78 is 18.0. The zero-order valence-electron chi connectivity index (χ0n) is 14.1. The second kappa shape index (κ2) is 7.73. The molecule has 0 amide bonds. The maximum Gasteiger partial charge on any atom is 0.532 e. The van der Waals surface area contributed by atoms with E-state index < -0.39 is 8.80 Å². The first-order chi connectivity index (χ1) is 9.44. The van der Waals surface area contributed by atoms with Crippen LogP contribution in [-0.4, -0.2) is 28.6 Å². The summed E-state index contributed by atoms with van der Waals surface area (Å²) in [6.07, 6.45) is 5.68. The van der Waals surface area contributed by atoms with E-state index in [9.17, 15) is 0 Å². The predicted octanol–water partition coefficient (Wildman–Crippen LogP) is 4.35. The van der Waals surface area contributed by atoms with Gasteiger partial charge in [-0.1, -0.05) is 26.8 Å². The van der Waals surface area contributed by atoms with E-state index in [1.807, 2.05) is 20.8 Å².